The Balaban J connectivity index is 1.85. The smallest absolute Gasteiger partial charge is 0.0936 e. The number of morpholine rings is 1. The predicted octanol–water partition coefficient (Wildman–Crippen LogP) is 1.81. The van der Waals surface area contributed by atoms with Gasteiger partial charge in [0.25, 0.3) is 0 Å². The van der Waals surface area contributed by atoms with Crippen molar-refractivity contribution >= 4 is 11.6 Å². The van der Waals surface area contributed by atoms with Crippen LogP contribution in [0.2, 0.25) is 5.02 Å². The van der Waals surface area contributed by atoms with Gasteiger partial charge >= 0.3 is 0 Å². The molecule has 1 aliphatic rings. The van der Waals surface area contributed by atoms with Crippen molar-refractivity contribution in [1.82, 2.24) is 4.90 Å². The second kappa shape index (κ2) is 7.38. The van der Waals surface area contributed by atoms with Crippen LogP contribution < -0.4 is 5.73 Å². The van der Waals surface area contributed by atoms with Crippen molar-refractivity contribution in [2.45, 2.75) is 31.6 Å². The monoisotopic (exact) mass is 298 g/mol. The fourth-order valence-corrected chi connectivity index (χ4v) is 2.85. The van der Waals surface area contributed by atoms with E-state index < -0.39 is 0 Å². The molecule has 1 saturated heterocycles. The number of benzene rings is 1. The van der Waals surface area contributed by atoms with Gasteiger partial charge in [-0.3, -0.25) is 4.90 Å². The molecule has 3 N–H and O–H groups in total. The number of rotatable bonds is 5. The number of nitrogens with two attached hydrogens (primary N) is 1. The highest BCUT2D eigenvalue weighted by molar-refractivity contribution is 6.30. The predicted molar refractivity (Wildman–Crippen MR) is 80.9 cm³/mol. The molecule has 20 heavy (non-hydrogen) atoms. The van der Waals surface area contributed by atoms with Gasteiger partial charge < -0.3 is 15.6 Å². The van der Waals surface area contributed by atoms with Crippen LogP contribution in [0, 0.1) is 0 Å². The fourth-order valence-electron chi connectivity index (χ4n) is 2.65. The van der Waals surface area contributed by atoms with E-state index in [-0.39, 0.29) is 24.9 Å². The summed E-state index contributed by atoms with van der Waals surface area (Å²) in [4.78, 5) is 2.31. The molecule has 4 nitrogen and oxygen atoms in total. The highest BCUT2D eigenvalue weighted by Crippen LogP contribution is 2.20. The summed E-state index contributed by atoms with van der Waals surface area (Å²) >= 11 is 5.98. The summed E-state index contributed by atoms with van der Waals surface area (Å²) in [5.41, 5.74) is 7.28. The highest BCUT2D eigenvalue weighted by Gasteiger charge is 2.24. The van der Waals surface area contributed by atoms with Crippen LogP contribution in [0.3, 0.4) is 0 Å². The van der Waals surface area contributed by atoms with E-state index in [1.807, 2.05) is 31.2 Å². The third-order valence-electron chi connectivity index (χ3n) is 3.64. The maximum atomic E-state index is 9.22. The van der Waals surface area contributed by atoms with E-state index in [0.717, 1.165) is 36.6 Å². The number of aliphatic hydroxyl groups excluding tert-OH is 1. The molecule has 0 saturated carbocycles. The lowest BCUT2D eigenvalue weighted by Crippen LogP contribution is -2.48. The summed E-state index contributed by atoms with van der Waals surface area (Å²) in [7, 11) is 0. The second-order valence-electron chi connectivity index (χ2n) is 5.46. The molecule has 5 heteroatoms. The Morgan fingerprint density at radius 3 is 3.00 bits per heavy atom. The van der Waals surface area contributed by atoms with Crippen LogP contribution in [0.1, 0.15) is 24.9 Å². The molecule has 0 radical (unpaired) electrons. The Morgan fingerprint density at radius 2 is 2.30 bits per heavy atom. The van der Waals surface area contributed by atoms with Gasteiger partial charge in [0.2, 0.25) is 0 Å². The van der Waals surface area contributed by atoms with Crippen molar-refractivity contribution in [2.75, 3.05) is 26.2 Å². The van der Waals surface area contributed by atoms with Gasteiger partial charge in [-0.2, -0.15) is 0 Å². The second-order valence-corrected chi connectivity index (χ2v) is 5.90. The summed E-state index contributed by atoms with van der Waals surface area (Å²) < 4.78 is 5.63. The summed E-state index contributed by atoms with van der Waals surface area (Å²) in [6.45, 7) is 4.66. The van der Waals surface area contributed by atoms with Crippen LogP contribution >= 0.6 is 11.6 Å². The van der Waals surface area contributed by atoms with E-state index >= 15 is 0 Å². The topological polar surface area (TPSA) is 58.7 Å². The van der Waals surface area contributed by atoms with Crippen LogP contribution in [0.15, 0.2) is 24.3 Å². The van der Waals surface area contributed by atoms with Crippen molar-refractivity contribution in [1.29, 1.82) is 0 Å². The number of ether oxygens (including phenoxy) is 1. The molecule has 1 fully saturated rings. The Bertz CT molecular complexity index is 430. The van der Waals surface area contributed by atoms with E-state index in [1.165, 1.54) is 0 Å². The van der Waals surface area contributed by atoms with Crippen molar-refractivity contribution in [3.05, 3.63) is 34.9 Å². The molecule has 0 aliphatic carbocycles. The minimum Gasteiger partial charge on any atom is -0.394 e. The van der Waals surface area contributed by atoms with Crippen molar-refractivity contribution in [2.24, 2.45) is 5.73 Å². The Kier molecular flexibility index (Phi) is 5.81. The number of nitrogens with zero attached hydrogens (tertiary/aromatic N) is 1. The van der Waals surface area contributed by atoms with Crippen molar-refractivity contribution in [3.8, 4) is 0 Å². The maximum absolute atomic E-state index is 9.22. The van der Waals surface area contributed by atoms with Gasteiger partial charge in [0.1, 0.15) is 0 Å². The first kappa shape index (κ1) is 15.7. The lowest BCUT2D eigenvalue weighted by atomic mass is 10.0. The number of hydrogen-bond donors (Lipinski definition) is 2. The van der Waals surface area contributed by atoms with Gasteiger partial charge in [-0.25, -0.2) is 0 Å². The zero-order valence-electron chi connectivity index (χ0n) is 11.8. The van der Waals surface area contributed by atoms with Crippen LogP contribution in [0.25, 0.3) is 0 Å². The van der Waals surface area contributed by atoms with Gasteiger partial charge in [0.05, 0.1) is 18.8 Å². The molecule has 0 amide bonds. The minimum absolute atomic E-state index is 0.0144. The first-order valence-corrected chi connectivity index (χ1v) is 7.46. The van der Waals surface area contributed by atoms with E-state index in [1.54, 1.807) is 0 Å². The molecule has 1 aromatic carbocycles. The Morgan fingerprint density at radius 1 is 1.50 bits per heavy atom. The SMILES string of the molecule is CC1CN(CCC(N)c2cccc(Cl)c2)CC(CO)O1. The normalized spacial score (nSPS) is 25.6. The van der Waals surface area contributed by atoms with Crippen LogP contribution in [-0.2, 0) is 4.74 Å². The van der Waals surface area contributed by atoms with Gasteiger partial charge in [-0.1, -0.05) is 23.7 Å². The van der Waals surface area contributed by atoms with Crippen LogP contribution in [0.4, 0.5) is 0 Å². The minimum atomic E-state index is -0.0823. The van der Waals surface area contributed by atoms with Gasteiger partial charge in [-0.15, -0.1) is 0 Å². The van der Waals surface area contributed by atoms with Gasteiger partial charge in [0.15, 0.2) is 0 Å². The third-order valence-corrected chi connectivity index (χ3v) is 3.87. The zero-order valence-corrected chi connectivity index (χ0v) is 12.6. The Hall–Kier alpha value is -0.650. The first-order valence-electron chi connectivity index (χ1n) is 7.08. The molecule has 1 heterocycles. The molecule has 0 spiro atoms. The molecule has 1 aliphatic heterocycles. The lowest BCUT2D eigenvalue weighted by Gasteiger charge is -2.36. The lowest BCUT2D eigenvalue weighted by molar-refractivity contribution is -0.0954. The average Bonchev–Trinajstić information content (AvgIpc) is 2.44. The highest BCUT2D eigenvalue weighted by atomic mass is 35.5. The number of hydrogen-bond acceptors (Lipinski definition) is 4. The summed E-state index contributed by atoms with van der Waals surface area (Å²) in [6, 6.07) is 7.70. The largest absolute Gasteiger partial charge is 0.394 e. The van der Waals surface area contributed by atoms with Gasteiger partial charge in [-0.05, 0) is 31.0 Å². The molecule has 0 aromatic heterocycles. The van der Waals surface area contributed by atoms with E-state index in [9.17, 15) is 5.11 Å². The molecule has 0 bridgehead atoms. The zero-order chi connectivity index (χ0) is 14.5. The summed E-state index contributed by atoms with van der Waals surface area (Å²) in [5, 5.41) is 9.94. The first-order chi connectivity index (χ1) is 9.58. The number of halogens is 1. The fraction of sp³-hybridized carbons (Fsp3) is 0.600. The van der Waals surface area contributed by atoms with E-state index in [0.29, 0.717) is 0 Å². The summed E-state index contributed by atoms with van der Waals surface area (Å²) in [6.07, 6.45) is 0.940. The molecule has 3 atom stereocenters. The quantitative estimate of drug-likeness (QED) is 0.870. The van der Waals surface area contributed by atoms with Gasteiger partial charge in [0, 0.05) is 30.7 Å². The molecule has 3 unspecified atom stereocenters. The van der Waals surface area contributed by atoms with Crippen LogP contribution in [-0.4, -0.2) is 48.5 Å². The molecule has 112 valence electrons. The van der Waals surface area contributed by atoms with E-state index in [2.05, 4.69) is 4.90 Å². The van der Waals surface area contributed by atoms with Crippen molar-refractivity contribution < 1.29 is 9.84 Å². The molecular weight excluding hydrogens is 276 g/mol. The van der Waals surface area contributed by atoms with Crippen LogP contribution in [0.5, 0.6) is 0 Å². The Labute approximate surface area is 125 Å². The third kappa shape index (κ3) is 4.43. The molecular formula is C15H23ClN2O2. The van der Waals surface area contributed by atoms with E-state index in [4.69, 9.17) is 22.1 Å². The molecule has 1 aromatic rings. The average molecular weight is 299 g/mol. The number of aliphatic hydroxyl groups is 1. The summed E-state index contributed by atoms with van der Waals surface area (Å²) in [5.74, 6) is 0. The maximum Gasteiger partial charge on any atom is 0.0936 e. The van der Waals surface area contributed by atoms with Crippen molar-refractivity contribution in [3.63, 3.8) is 0 Å². The molecule has 2 rings (SSSR count). The standard InChI is InChI=1S/C15H23ClN2O2/c1-11-8-18(9-14(10-19)20-11)6-5-15(17)12-3-2-4-13(16)7-12/h2-4,7,11,14-15,19H,5-6,8-10,17H2,1H3.